The van der Waals surface area contributed by atoms with Crippen LogP contribution >= 0.6 is 0 Å². The number of carbonyl (C=O) groups is 2. The molecule has 0 saturated carbocycles. The molecule has 0 saturated heterocycles. The minimum atomic E-state index is -5.13. The number of fused-ring (bicyclic) bond motifs is 1. The summed E-state index contributed by atoms with van der Waals surface area (Å²) in [5, 5.41) is 2.77. The summed E-state index contributed by atoms with van der Waals surface area (Å²) < 4.78 is 56.1. The van der Waals surface area contributed by atoms with Crippen molar-refractivity contribution in [2.75, 3.05) is 25.0 Å². The molecule has 0 bridgehead atoms. The predicted molar refractivity (Wildman–Crippen MR) is 71.1 cm³/mol. The van der Waals surface area contributed by atoms with Gasteiger partial charge in [0.2, 0.25) is 5.91 Å². The van der Waals surface area contributed by atoms with Crippen LogP contribution in [0.4, 0.5) is 23.2 Å². The van der Waals surface area contributed by atoms with Gasteiger partial charge in [-0.25, -0.2) is 4.39 Å². The molecule has 3 N–H and O–H groups in total. The fourth-order valence-corrected chi connectivity index (χ4v) is 2.14. The molecule has 1 heterocycles. The standard InChI is InChI=1S/C13H13F4N3O3/c14-7-1-2-10-9(3-7)19-8(6-23-10)4-20(5-11(18)21)12(22)13(15,16)17/h1-3,8,19H,4-6H2,(H2,18,21). The third-order valence-corrected chi connectivity index (χ3v) is 3.06. The maximum absolute atomic E-state index is 13.2. The summed E-state index contributed by atoms with van der Waals surface area (Å²) >= 11 is 0. The smallest absolute Gasteiger partial charge is 0.471 e. The number of carbonyl (C=O) groups excluding carboxylic acids is 2. The van der Waals surface area contributed by atoms with Gasteiger partial charge in [-0.1, -0.05) is 0 Å². The van der Waals surface area contributed by atoms with Crippen LogP contribution in [0, 0.1) is 5.82 Å². The van der Waals surface area contributed by atoms with Crippen LogP contribution in [0.1, 0.15) is 0 Å². The average molecular weight is 335 g/mol. The highest BCUT2D eigenvalue weighted by Gasteiger charge is 2.43. The van der Waals surface area contributed by atoms with Crippen molar-refractivity contribution in [1.29, 1.82) is 0 Å². The van der Waals surface area contributed by atoms with Crippen molar-refractivity contribution in [3.63, 3.8) is 0 Å². The van der Waals surface area contributed by atoms with Gasteiger partial charge in [0.05, 0.1) is 18.3 Å². The molecular weight excluding hydrogens is 322 g/mol. The number of nitrogens with zero attached hydrogens (tertiary/aromatic N) is 1. The monoisotopic (exact) mass is 335 g/mol. The van der Waals surface area contributed by atoms with Gasteiger partial charge in [-0.15, -0.1) is 0 Å². The minimum absolute atomic E-state index is 0.0565. The first-order valence-corrected chi connectivity index (χ1v) is 6.50. The fraction of sp³-hybridized carbons (Fsp3) is 0.385. The van der Waals surface area contributed by atoms with E-state index >= 15 is 0 Å². The third-order valence-electron chi connectivity index (χ3n) is 3.06. The fourth-order valence-electron chi connectivity index (χ4n) is 2.14. The van der Waals surface area contributed by atoms with Gasteiger partial charge in [-0.2, -0.15) is 13.2 Å². The molecule has 1 atom stereocenters. The SMILES string of the molecule is NC(=O)CN(CC1COc2ccc(F)cc2N1)C(=O)C(F)(F)F. The van der Waals surface area contributed by atoms with Crippen molar-refractivity contribution < 1.29 is 31.9 Å². The number of anilines is 1. The first-order valence-electron chi connectivity index (χ1n) is 6.50. The Balaban J connectivity index is 2.11. The van der Waals surface area contributed by atoms with Crippen LogP contribution < -0.4 is 15.8 Å². The number of hydrogen-bond donors (Lipinski definition) is 2. The van der Waals surface area contributed by atoms with Gasteiger partial charge in [0, 0.05) is 12.6 Å². The molecule has 1 aliphatic rings. The largest absolute Gasteiger partial charge is 0.489 e. The molecule has 1 aromatic carbocycles. The van der Waals surface area contributed by atoms with E-state index in [0.717, 1.165) is 6.07 Å². The Morgan fingerprint density at radius 3 is 2.70 bits per heavy atom. The number of nitrogens with two attached hydrogens (primary N) is 1. The van der Waals surface area contributed by atoms with Gasteiger partial charge >= 0.3 is 12.1 Å². The molecule has 1 aromatic rings. The molecule has 23 heavy (non-hydrogen) atoms. The van der Waals surface area contributed by atoms with Gasteiger partial charge in [-0.3, -0.25) is 9.59 Å². The summed E-state index contributed by atoms with van der Waals surface area (Å²) in [5.41, 5.74) is 5.12. The number of benzene rings is 1. The van der Waals surface area contributed by atoms with Gasteiger partial charge in [0.1, 0.15) is 18.2 Å². The van der Waals surface area contributed by atoms with E-state index in [-0.39, 0.29) is 17.2 Å². The van der Waals surface area contributed by atoms with Crippen molar-refractivity contribution >= 4 is 17.5 Å². The molecule has 0 fully saturated rings. The van der Waals surface area contributed by atoms with Crippen LogP contribution in [-0.2, 0) is 9.59 Å². The highest BCUT2D eigenvalue weighted by molar-refractivity contribution is 5.87. The molecule has 0 aromatic heterocycles. The maximum atomic E-state index is 13.2. The second kappa shape index (κ2) is 6.31. The van der Waals surface area contributed by atoms with E-state index in [2.05, 4.69) is 5.32 Å². The second-order valence-corrected chi connectivity index (χ2v) is 4.94. The van der Waals surface area contributed by atoms with Crippen molar-refractivity contribution in [1.82, 2.24) is 4.90 Å². The molecule has 6 nitrogen and oxygen atoms in total. The lowest BCUT2D eigenvalue weighted by Gasteiger charge is -2.32. The number of primary amides is 1. The summed E-state index contributed by atoms with van der Waals surface area (Å²) in [5.74, 6) is -3.47. The summed E-state index contributed by atoms with van der Waals surface area (Å²) in [4.78, 5) is 22.5. The number of amides is 2. The molecule has 0 radical (unpaired) electrons. The molecule has 126 valence electrons. The molecule has 1 unspecified atom stereocenters. The molecule has 2 rings (SSSR count). The van der Waals surface area contributed by atoms with Crippen LogP contribution in [0.5, 0.6) is 5.75 Å². The highest BCUT2D eigenvalue weighted by Crippen LogP contribution is 2.30. The van der Waals surface area contributed by atoms with Gasteiger partial charge in [0.25, 0.3) is 0 Å². The average Bonchev–Trinajstić information content (AvgIpc) is 2.43. The van der Waals surface area contributed by atoms with E-state index in [0.29, 0.717) is 5.75 Å². The number of nitrogens with one attached hydrogen (secondary N) is 1. The van der Waals surface area contributed by atoms with Crippen LogP contribution in [0.3, 0.4) is 0 Å². The lowest BCUT2D eigenvalue weighted by Crippen LogP contribution is -2.51. The van der Waals surface area contributed by atoms with Gasteiger partial charge in [0.15, 0.2) is 0 Å². The Labute approximate surface area is 128 Å². The summed E-state index contributed by atoms with van der Waals surface area (Å²) in [6.45, 7) is -1.41. The normalized spacial score (nSPS) is 16.8. The Morgan fingerprint density at radius 1 is 1.39 bits per heavy atom. The first kappa shape index (κ1) is 16.8. The first-order chi connectivity index (χ1) is 10.7. The Kier molecular flexibility index (Phi) is 4.62. The van der Waals surface area contributed by atoms with Crippen LogP contribution in [0.15, 0.2) is 18.2 Å². The molecule has 1 aliphatic heterocycles. The quantitative estimate of drug-likeness (QED) is 0.800. The minimum Gasteiger partial charge on any atom is -0.489 e. The Hall–Kier alpha value is -2.52. The number of alkyl halides is 3. The van der Waals surface area contributed by atoms with Crippen LogP contribution in [0.2, 0.25) is 0 Å². The van der Waals surface area contributed by atoms with E-state index in [1.165, 1.54) is 12.1 Å². The third kappa shape index (κ3) is 4.24. The molecular formula is C13H13F4N3O3. The lowest BCUT2D eigenvalue weighted by molar-refractivity contribution is -0.186. The molecule has 10 heteroatoms. The van der Waals surface area contributed by atoms with Crippen LogP contribution in [-0.4, -0.2) is 48.6 Å². The zero-order valence-electron chi connectivity index (χ0n) is 11.7. The Morgan fingerprint density at radius 2 is 2.09 bits per heavy atom. The highest BCUT2D eigenvalue weighted by atomic mass is 19.4. The second-order valence-electron chi connectivity index (χ2n) is 4.94. The van der Waals surface area contributed by atoms with Crippen LogP contribution in [0.25, 0.3) is 0 Å². The zero-order valence-corrected chi connectivity index (χ0v) is 11.7. The predicted octanol–water partition coefficient (Wildman–Crippen LogP) is 0.875. The van der Waals surface area contributed by atoms with Crippen molar-refractivity contribution in [2.45, 2.75) is 12.2 Å². The van der Waals surface area contributed by atoms with E-state index < -0.39 is 42.9 Å². The van der Waals surface area contributed by atoms with Crippen molar-refractivity contribution in [2.24, 2.45) is 5.73 Å². The van der Waals surface area contributed by atoms with E-state index in [1.807, 2.05) is 0 Å². The lowest BCUT2D eigenvalue weighted by atomic mass is 10.2. The molecule has 0 spiro atoms. The molecule has 0 aliphatic carbocycles. The topological polar surface area (TPSA) is 84.7 Å². The summed E-state index contributed by atoms with van der Waals surface area (Å²) in [7, 11) is 0. The maximum Gasteiger partial charge on any atom is 0.471 e. The van der Waals surface area contributed by atoms with E-state index in [1.54, 1.807) is 0 Å². The number of ether oxygens (including phenoxy) is 1. The number of halogens is 4. The zero-order chi connectivity index (χ0) is 17.2. The van der Waals surface area contributed by atoms with Gasteiger partial charge < -0.3 is 20.7 Å². The Bertz CT molecular complexity index is 621. The van der Waals surface area contributed by atoms with Crippen molar-refractivity contribution in [3.8, 4) is 5.75 Å². The van der Waals surface area contributed by atoms with E-state index in [4.69, 9.17) is 10.5 Å². The molecule has 2 amide bonds. The van der Waals surface area contributed by atoms with Crippen molar-refractivity contribution in [3.05, 3.63) is 24.0 Å². The number of rotatable bonds is 4. The number of hydrogen-bond acceptors (Lipinski definition) is 4. The summed E-state index contributed by atoms with van der Waals surface area (Å²) in [6, 6.07) is 2.91. The summed E-state index contributed by atoms with van der Waals surface area (Å²) in [6.07, 6.45) is -5.13. The van der Waals surface area contributed by atoms with E-state index in [9.17, 15) is 27.2 Å². The van der Waals surface area contributed by atoms with Gasteiger partial charge in [-0.05, 0) is 12.1 Å².